The minimum atomic E-state index is -3.82. The smallest absolute Gasteiger partial charge is 0.181 e. The first-order chi connectivity index (χ1) is 15.7. The van der Waals surface area contributed by atoms with E-state index in [1.807, 2.05) is 4.90 Å². The molecule has 0 bridgehead atoms. The minimum absolute atomic E-state index is 0.0178. The van der Waals surface area contributed by atoms with E-state index in [0.29, 0.717) is 30.0 Å². The number of aryl methyl sites for hydroxylation is 1. The van der Waals surface area contributed by atoms with E-state index in [9.17, 15) is 17.2 Å². The van der Waals surface area contributed by atoms with E-state index in [1.54, 1.807) is 31.2 Å². The van der Waals surface area contributed by atoms with Crippen molar-refractivity contribution < 1.29 is 36.3 Å². The second kappa shape index (κ2) is 12.7. The van der Waals surface area contributed by atoms with Gasteiger partial charge in [-0.1, -0.05) is 0 Å². The Labute approximate surface area is 195 Å². The molecule has 0 heterocycles. The van der Waals surface area contributed by atoms with Crippen LogP contribution in [-0.2, 0) is 25.4 Å². The summed E-state index contributed by atoms with van der Waals surface area (Å²) in [6, 6.07) is 9.85. The first kappa shape index (κ1) is 26.8. The Morgan fingerprint density at radius 3 is 2.27 bits per heavy atom. The largest absolute Gasteiger partial charge is 0.750 e. The average Bonchev–Trinajstić information content (AvgIpc) is 2.77. The van der Waals surface area contributed by atoms with Gasteiger partial charge in [-0.3, -0.25) is 4.18 Å². The van der Waals surface area contributed by atoms with Crippen LogP contribution in [-0.4, -0.2) is 73.2 Å². The molecule has 182 valence electrons. The molecule has 0 aliphatic heterocycles. The van der Waals surface area contributed by atoms with Crippen LogP contribution in [0.15, 0.2) is 51.5 Å². The van der Waals surface area contributed by atoms with Gasteiger partial charge >= 0.3 is 0 Å². The van der Waals surface area contributed by atoms with Gasteiger partial charge in [-0.15, -0.1) is 5.11 Å². The SMILES string of the molecule is COc1cc(S(=O)(=O)CCOS(=O)[O-])c(C)cc1N=Nc1ccc(N(CCO)CCO)cc1. The van der Waals surface area contributed by atoms with E-state index in [1.165, 1.54) is 19.2 Å². The Hall–Kier alpha value is -2.42. The lowest BCUT2D eigenvalue weighted by Crippen LogP contribution is -2.29. The number of ether oxygens (including phenoxy) is 1. The summed E-state index contributed by atoms with van der Waals surface area (Å²) in [6.45, 7) is 1.77. The molecule has 0 aliphatic carbocycles. The predicted octanol–water partition coefficient (Wildman–Crippen LogP) is 1.79. The molecule has 0 saturated carbocycles. The summed E-state index contributed by atoms with van der Waals surface area (Å²) in [6.07, 6.45) is 0. The molecule has 0 aromatic heterocycles. The van der Waals surface area contributed by atoms with E-state index >= 15 is 0 Å². The molecule has 0 radical (unpaired) electrons. The van der Waals surface area contributed by atoms with Crippen molar-refractivity contribution in [2.75, 3.05) is 50.7 Å². The molecule has 0 aliphatic rings. The molecule has 0 amide bonds. The van der Waals surface area contributed by atoms with E-state index in [2.05, 4.69) is 14.4 Å². The molecule has 2 aromatic rings. The third-order valence-electron chi connectivity index (χ3n) is 4.57. The number of hydrogen-bond acceptors (Lipinski definition) is 11. The maximum absolute atomic E-state index is 12.5. The number of sulfone groups is 1. The summed E-state index contributed by atoms with van der Waals surface area (Å²) in [4.78, 5) is 1.81. The molecule has 0 fully saturated rings. The van der Waals surface area contributed by atoms with Gasteiger partial charge in [0.2, 0.25) is 0 Å². The standard InChI is InChI=1S/C20H27N3O8S2/c1-15-13-18(19(30-2)14-20(15)33(28,29)12-11-31-32(26)27)22-21-16-3-5-17(6-4-16)23(7-9-24)8-10-25/h3-6,13-14,24-25H,7-12H2,1-2H3,(H,26,27)/p-1. The van der Waals surface area contributed by atoms with Gasteiger partial charge in [0, 0.05) is 24.8 Å². The van der Waals surface area contributed by atoms with Crippen LogP contribution in [0.5, 0.6) is 5.75 Å². The fraction of sp³-hybridized carbons (Fsp3) is 0.400. The summed E-state index contributed by atoms with van der Waals surface area (Å²) in [7, 11) is -2.45. The number of hydrogen-bond donors (Lipinski definition) is 2. The summed E-state index contributed by atoms with van der Waals surface area (Å²) < 4.78 is 55.6. The topological polar surface area (TPSA) is 161 Å². The molecular weight excluding hydrogens is 474 g/mol. The number of nitrogens with zero attached hydrogens (tertiary/aromatic N) is 3. The van der Waals surface area contributed by atoms with Gasteiger partial charge < -0.3 is 24.4 Å². The highest BCUT2D eigenvalue weighted by molar-refractivity contribution is 7.91. The van der Waals surface area contributed by atoms with Gasteiger partial charge in [0.1, 0.15) is 11.4 Å². The molecular formula is C20H26N3O8S2-. The molecule has 0 saturated heterocycles. The van der Waals surface area contributed by atoms with E-state index in [-0.39, 0.29) is 23.9 Å². The van der Waals surface area contributed by atoms with Gasteiger partial charge in [0.05, 0.1) is 54.6 Å². The van der Waals surface area contributed by atoms with Gasteiger partial charge in [0.15, 0.2) is 9.84 Å². The van der Waals surface area contributed by atoms with Crippen LogP contribution in [0.4, 0.5) is 17.1 Å². The third kappa shape index (κ3) is 7.84. The third-order valence-corrected chi connectivity index (χ3v) is 6.74. The molecule has 0 spiro atoms. The van der Waals surface area contributed by atoms with Crippen LogP contribution in [0.2, 0.25) is 0 Å². The number of rotatable bonds is 13. The van der Waals surface area contributed by atoms with Crippen molar-refractivity contribution in [3.8, 4) is 5.75 Å². The zero-order chi connectivity index (χ0) is 24.4. The number of azo groups is 1. The van der Waals surface area contributed by atoms with Crippen molar-refractivity contribution in [2.45, 2.75) is 11.8 Å². The Kier molecular flexibility index (Phi) is 10.3. The Morgan fingerprint density at radius 2 is 1.73 bits per heavy atom. The second-order valence-corrected chi connectivity index (χ2v) is 9.51. The number of methoxy groups -OCH3 is 1. The van der Waals surface area contributed by atoms with Crippen LogP contribution in [0, 0.1) is 6.92 Å². The molecule has 2 rings (SSSR count). The van der Waals surface area contributed by atoms with Gasteiger partial charge in [0.25, 0.3) is 0 Å². The van der Waals surface area contributed by atoms with Gasteiger partial charge in [-0.25, -0.2) is 12.6 Å². The first-order valence-electron chi connectivity index (χ1n) is 9.84. The molecule has 11 nitrogen and oxygen atoms in total. The average molecular weight is 501 g/mol. The summed E-state index contributed by atoms with van der Waals surface area (Å²) >= 11 is -2.79. The molecule has 13 heteroatoms. The van der Waals surface area contributed by atoms with Crippen molar-refractivity contribution in [1.82, 2.24) is 0 Å². The number of anilines is 1. The lowest BCUT2D eigenvalue weighted by Gasteiger charge is -2.22. The lowest BCUT2D eigenvalue weighted by atomic mass is 10.2. The number of aliphatic hydroxyl groups is 2. The summed E-state index contributed by atoms with van der Waals surface area (Å²) in [5.41, 5.74) is 2.06. The van der Waals surface area contributed by atoms with Crippen molar-refractivity contribution in [3.05, 3.63) is 42.0 Å². The van der Waals surface area contributed by atoms with Crippen LogP contribution in [0.3, 0.4) is 0 Å². The van der Waals surface area contributed by atoms with Crippen LogP contribution in [0.1, 0.15) is 5.56 Å². The minimum Gasteiger partial charge on any atom is -0.750 e. The molecule has 1 unspecified atom stereocenters. The molecule has 33 heavy (non-hydrogen) atoms. The normalized spacial score (nSPS) is 12.8. The summed E-state index contributed by atoms with van der Waals surface area (Å²) in [5.74, 6) is -0.327. The van der Waals surface area contributed by atoms with Crippen molar-refractivity contribution in [1.29, 1.82) is 0 Å². The fourth-order valence-electron chi connectivity index (χ4n) is 3.01. The maximum Gasteiger partial charge on any atom is 0.181 e. The lowest BCUT2D eigenvalue weighted by molar-refractivity contribution is 0.281. The molecule has 2 N–H and O–H groups in total. The van der Waals surface area contributed by atoms with Crippen LogP contribution >= 0.6 is 0 Å². The van der Waals surface area contributed by atoms with Crippen molar-refractivity contribution in [3.63, 3.8) is 0 Å². The van der Waals surface area contributed by atoms with E-state index in [4.69, 9.17) is 14.9 Å². The fourth-order valence-corrected chi connectivity index (χ4v) is 4.69. The monoisotopic (exact) mass is 500 g/mol. The number of aliphatic hydroxyl groups excluding tert-OH is 2. The van der Waals surface area contributed by atoms with Gasteiger partial charge in [-0.05, 0) is 42.8 Å². The Morgan fingerprint density at radius 1 is 1.09 bits per heavy atom. The summed E-state index contributed by atoms with van der Waals surface area (Å²) in [5, 5.41) is 26.7. The zero-order valence-corrected chi connectivity index (χ0v) is 19.8. The van der Waals surface area contributed by atoms with Crippen LogP contribution < -0.4 is 9.64 Å². The van der Waals surface area contributed by atoms with Crippen LogP contribution in [0.25, 0.3) is 0 Å². The highest BCUT2D eigenvalue weighted by atomic mass is 32.2. The zero-order valence-electron chi connectivity index (χ0n) is 18.2. The quantitative estimate of drug-likeness (QED) is 0.308. The Balaban J connectivity index is 2.24. The maximum atomic E-state index is 12.5. The Bertz CT molecular complexity index is 1070. The first-order valence-corrected chi connectivity index (χ1v) is 12.5. The second-order valence-electron chi connectivity index (χ2n) is 6.79. The van der Waals surface area contributed by atoms with Crippen molar-refractivity contribution in [2.24, 2.45) is 10.2 Å². The highest BCUT2D eigenvalue weighted by Crippen LogP contribution is 2.34. The van der Waals surface area contributed by atoms with Gasteiger partial charge in [-0.2, -0.15) is 5.11 Å². The molecule has 2 aromatic carbocycles. The highest BCUT2D eigenvalue weighted by Gasteiger charge is 2.20. The van der Waals surface area contributed by atoms with E-state index < -0.39 is 33.6 Å². The predicted molar refractivity (Wildman–Crippen MR) is 122 cm³/mol. The number of benzene rings is 2. The molecule has 1 atom stereocenters. The van der Waals surface area contributed by atoms with E-state index in [0.717, 1.165) is 5.69 Å². The van der Waals surface area contributed by atoms with Crippen molar-refractivity contribution >= 4 is 38.3 Å².